The van der Waals surface area contributed by atoms with Crippen molar-refractivity contribution in [2.75, 3.05) is 16.9 Å². The average Bonchev–Trinajstić information content (AvgIpc) is 2.95. The van der Waals surface area contributed by atoms with Crippen LogP contribution >= 0.6 is 23.2 Å². The van der Waals surface area contributed by atoms with Gasteiger partial charge in [-0.2, -0.15) is 0 Å². The van der Waals surface area contributed by atoms with Crippen LogP contribution in [0.2, 0.25) is 10.0 Å². The van der Waals surface area contributed by atoms with Crippen LogP contribution in [0, 0.1) is 5.92 Å². The Morgan fingerprint density at radius 2 is 1.79 bits per heavy atom. The maximum absolute atomic E-state index is 12.3. The summed E-state index contributed by atoms with van der Waals surface area (Å²) in [6.07, 6.45) is 0.162. The van der Waals surface area contributed by atoms with Crippen molar-refractivity contribution in [3.63, 3.8) is 0 Å². The lowest BCUT2D eigenvalue weighted by atomic mass is 10.1. The monoisotopic (exact) mass is 363 g/mol. The number of carbonyl (C=O) groups excluding carboxylic acids is 2. The Bertz CT molecular complexity index is 782. The molecule has 0 spiro atoms. The van der Waals surface area contributed by atoms with Crippen LogP contribution in [0.1, 0.15) is 6.42 Å². The lowest BCUT2D eigenvalue weighted by Crippen LogP contribution is -2.36. The van der Waals surface area contributed by atoms with E-state index in [1.54, 1.807) is 53.4 Å². The SMILES string of the molecule is O=C(NNc1cccc(Cl)c1)[C@H]1CC(=O)N(c2cccc(Cl)c2)C1. The van der Waals surface area contributed by atoms with Crippen LogP contribution in [0.3, 0.4) is 0 Å². The minimum atomic E-state index is -0.428. The minimum absolute atomic E-state index is 0.0971. The van der Waals surface area contributed by atoms with Gasteiger partial charge in [-0.05, 0) is 36.4 Å². The number of nitrogens with zero attached hydrogens (tertiary/aromatic N) is 1. The van der Waals surface area contributed by atoms with E-state index in [1.165, 1.54) is 0 Å². The molecule has 2 aromatic rings. The zero-order valence-electron chi connectivity index (χ0n) is 12.6. The molecule has 1 aliphatic rings. The van der Waals surface area contributed by atoms with Crippen molar-refractivity contribution in [3.05, 3.63) is 58.6 Å². The highest BCUT2D eigenvalue weighted by Crippen LogP contribution is 2.27. The number of hydrogen-bond donors (Lipinski definition) is 2. The first-order valence-electron chi connectivity index (χ1n) is 7.40. The first-order chi connectivity index (χ1) is 11.5. The van der Waals surface area contributed by atoms with Crippen LogP contribution in [0.15, 0.2) is 48.5 Å². The number of nitrogens with one attached hydrogen (secondary N) is 2. The van der Waals surface area contributed by atoms with E-state index in [-0.39, 0.29) is 18.2 Å². The number of carbonyl (C=O) groups is 2. The van der Waals surface area contributed by atoms with Gasteiger partial charge in [-0.15, -0.1) is 0 Å². The minimum Gasteiger partial charge on any atom is -0.312 e. The van der Waals surface area contributed by atoms with E-state index >= 15 is 0 Å². The molecule has 2 amide bonds. The highest BCUT2D eigenvalue weighted by molar-refractivity contribution is 6.31. The fourth-order valence-corrected chi connectivity index (χ4v) is 2.95. The molecule has 5 nitrogen and oxygen atoms in total. The van der Waals surface area contributed by atoms with Crippen molar-refractivity contribution in [3.8, 4) is 0 Å². The van der Waals surface area contributed by atoms with E-state index < -0.39 is 5.92 Å². The quantitative estimate of drug-likeness (QED) is 0.817. The number of benzene rings is 2. The molecule has 1 atom stereocenters. The van der Waals surface area contributed by atoms with E-state index in [2.05, 4.69) is 10.9 Å². The van der Waals surface area contributed by atoms with E-state index in [0.717, 1.165) is 0 Å². The van der Waals surface area contributed by atoms with Crippen molar-refractivity contribution >= 4 is 46.4 Å². The van der Waals surface area contributed by atoms with Gasteiger partial charge in [-0.3, -0.25) is 20.4 Å². The van der Waals surface area contributed by atoms with Crippen molar-refractivity contribution in [2.24, 2.45) is 5.92 Å². The number of halogens is 2. The van der Waals surface area contributed by atoms with Crippen LogP contribution in [0.25, 0.3) is 0 Å². The van der Waals surface area contributed by atoms with Gasteiger partial charge in [0.25, 0.3) is 0 Å². The smallest absolute Gasteiger partial charge is 0.243 e. The zero-order valence-corrected chi connectivity index (χ0v) is 14.1. The molecule has 3 rings (SSSR count). The van der Waals surface area contributed by atoms with E-state index in [9.17, 15) is 9.59 Å². The summed E-state index contributed by atoms with van der Waals surface area (Å²) in [5.41, 5.74) is 6.80. The summed E-state index contributed by atoms with van der Waals surface area (Å²) in [5, 5.41) is 1.12. The van der Waals surface area contributed by atoms with Crippen LogP contribution in [-0.4, -0.2) is 18.4 Å². The molecule has 124 valence electrons. The number of rotatable bonds is 4. The van der Waals surface area contributed by atoms with Gasteiger partial charge in [0.1, 0.15) is 0 Å². The van der Waals surface area contributed by atoms with E-state index in [0.29, 0.717) is 28.0 Å². The lowest BCUT2D eigenvalue weighted by Gasteiger charge is -2.17. The molecule has 0 aliphatic carbocycles. The number of anilines is 2. The molecular formula is C17H15Cl2N3O2. The Kier molecular flexibility index (Phi) is 4.92. The second-order valence-corrected chi connectivity index (χ2v) is 6.38. The summed E-state index contributed by atoms with van der Waals surface area (Å²) < 4.78 is 0. The summed E-state index contributed by atoms with van der Waals surface area (Å²) in [6, 6.07) is 14.0. The second-order valence-electron chi connectivity index (χ2n) is 5.51. The summed E-state index contributed by atoms with van der Waals surface area (Å²) >= 11 is 11.9. The van der Waals surface area contributed by atoms with Gasteiger partial charge in [0, 0.05) is 28.7 Å². The predicted octanol–water partition coefficient (Wildman–Crippen LogP) is 3.49. The standard InChI is InChI=1S/C17H15Cl2N3O2/c18-12-3-1-5-14(8-12)20-21-17(24)11-7-16(23)22(10-11)15-6-2-4-13(19)9-15/h1-6,8-9,11,20H,7,10H2,(H,21,24)/t11-/m0/s1. The Morgan fingerprint density at radius 1 is 1.08 bits per heavy atom. The summed E-state index contributed by atoms with van der Waals surface area (Å²) in [7, 11) is 0. The molecule has 0 aromatic heterocycles. The Balaban J connectivity index is 1.61. The van der Waals surface area contributed by atoms with Crippen molar-refractivity contribution in [1.82, 2.24) is 5.43 Å². The second kappa shape index (κ2) is 7.11. The van der Waals surface area contributed by atoms with E-state index in [1.807, 2.05) is 0 Å². The number of amides is 2. The third-order valence-corrected chi connectivity index (χ3v) is 4.24. The van der Waals surface area contributed by atoms with Crippen molar-refractivity contribution in [1.29, 1.82) is 0 Å². The molecule has 2 aromatic carbocycles. The highest BCUT2D eigenvalue weighted by atomic mass is 35.5. The molecule has 1 fully saturated rings. The molecule has 1 saturated heterocycles. The third-order valence-electron chi connectivity index (χ3n) is 3.77. The van der Waals surface area contributed by atoms with Gasteiger partial charge in [-0.1, -0.05) is 35.3 Å². The number of hydrazine groups is 1. The van der Waals surface area contributed by atoms with Gasteiger partial charge in [-0.25, -0.2) is 0 Å². The fourth-order valence-electron chi connectivity index (χ4n) is 2.58. The first-order valence-corrected chi connectivity index (χ1v) is 8.16. The van der Waals surface area contributed by atoms with Crippen molar-refractivity contribution in [2.45, 2.75) is 6.42 Å². The molecular weight excluding hydrogens is 349 g/mol. The maximum atomic E-state index is 12.3. The fraction of sp³-hybridized carbons (Fsp3) is 0.176. The Morgan fingerprint density at radius 3 is 2.50 bits per heavy atom. The van der Waals surface area contributed by atoms with Gasteiger partial charge in [0.05, 0.1) is 11.6 Å². The largest absolute Gasteiger partial charge is 0.312 e. The third kappa shape index (κ3) is 3.80. The van der Waals surface area contributed by atoms with E-state index in [4.69, 9.17) is 23.2 Å². The summed E-state index contributed by atoms with van der Waals surface area (Å²) in [6.45, 7) is 0.322. The van der Waals surface area contributed by atoms with Gasteiger partial charge in [0.15, 0.2) is 0 Å². The van der Waals surface area contributed by atoms with Crippen molar-refractivity contribution < 1.29 is 9.59 Å². The molecule has 7 heteroatoms. The van der Waals surface area contributed by atoms with Gasteiger partial charge < -0.3 is 4.90 Å². The van der Waals surface area contributed by atoms with Crippen LogP contribution < -0.4 is 15.8 Å². The molecule has 0 saturated carbocycles. The van der Waals surface area contributed by atoms with Gasteiger partial charge >= 0.3 is 0 Å². The molecule has 0 unspecified atom stereocenters. The normalized spacial score (nSPS) is 17.0. The van der Waals surface area contributed by atoms with Gasteiger partial charge in [0.2, 0.25) is 11.8 Å². The maximum Gasteiger partial charge on any atom is 0.243 e. The Labute approximate surface area is 149 Å². The average molecular weight is 364 g/mol. The summed E-state index contributed by atoms with van der Waals surface area (Å²) in [4.78, 5) is 26.0. The molecule has 2 N–H and O–H groups in total. The summed E-state index contributed by atoms with van der Waals surface area (Å²) in [5.74, 6) is -0.767. The van der Waals surface area contributed by atoms with Crippen LogP contribution in [0.4, 0.5) is 11.4 Å². The topological polar surface area (TPSA) is 61.4 Å². The number of hydrogen-bond acceptors (Lipinski definition) is 3. The van der Waals surface area contributed by atoms with Crippen LogP contribution in [-0.2, 0) is 9.59 Å². The highest BCUT2D eigenvalue weighted by Gasteiger charge is 2.35. The Hall–Kier alpha value is -2.24. The molecule has 1 aliphatic heterocycles. The molecule has 0 bridgehead atoms. The lowest BCUT2D eigenvalue weighted by molar-refractivity contribution is -0.125. The van der Waals surface area contributed by atoms with Crippen LogP contribution in [0.5, 0.6) is 0 Å². The predicted molar refractivity (Wildman–Crippen MR) is 95.1 cm³/mol. The zero-order chi connectivity index (χ0) is 17.1. The molecule has 24 heavy (non-hydrogen) atoms. The molecule has 1 heterocycles. The first kappa shape index (κ1) is 16.6. The molecule has 0 radical (unpaired) electrons.